The van der Waals surface area contributed by atoms with Crippen molar-refractivity contribution in [1.82, 2.24) is 4.90 Å². The molecule has 3 rings (SSSR count). The highest BCUT2D eigenvalue weighted by Crippen LogP contribution is 2.32. The fraction of sp³-hybridized carbons (Fsp3) is 0.556. The quantitative estimate of drug-likeness (QED) is 0.815. The third-order valence-corrected chi connectivity index (χ3v) is 5.97. The molecule has 0 radical (unpaired) electrons. The second kappa shape index (κ2) is 7.52. The smallest absolute Gasteiger partial charge is 0.239 e. The SMILES string of the molecule is CC(N)C1CCCN(C(=O)C2CCN(c3ccc(Cl)c(Cl)c3)C2=O)C1. The minimum Gasteiger partial charge on any atom is -0.342 e. The average Bonchev–Trinajstić information content (AvgIpc) is 2.98. The highest BCUT2D eigenvalue weighted by atomic mass is 35.5. The van der Waals surface area contributed by atoms with Gasteiger partial charge in [-0.2, -0.15) is 0 Å². The number of benzene rings is 1. The summed E-state index contributed by atoms with van der Waals surface area (Å²) in [5.41, 5.74) is 6.68. The van der Waals surface area contributed by atoms with E-state index in [1.807, 2.05) is 11.8 Å². The summed E-state index contributed by atoms with van der Waals surface area (Å²) >= 11 is 12.0. The normalized spacial score (nSPS) is 25.4. The molecule has 0 spiro atoms. The number of nitrogens with two attached hydrogens (primary N) is 1. The molecule has 3 unspecified atom stereocenters. The Labute approximate surface area is 158 Å². The van der Waals surface area contributed by atoms with Gasteiger partial charge in [-0.05, 0) is 50.3 Å². The molecule has 2 amide bonds. The largest absolute Gasteiger partial charge is 0.342 e. The van der Waals surface area contributed by atoms with Crippen molar-refractivity contribution in [3.63, 3.8) is 0 Å². The monoisotopic (exact) mass is 383 g/mol. The van der Waals surface area contributed by atoms with Crippen LogP contribution in [0.15, 0.2) is 18.2 Å². The molecule has 1 aromatic rings. The predicted octanol–water partition coefficient (Wildman–Crippen LogP) is 2.93. The number of rotatable bonds is 3. The van der Waals surface area contributed by atoms with E-state index in [1.54, 1.807) is 23.1 Å². The zero-order valence-corrected chi connectivity index (χ0v) is 15.8. The van der Waals surface area contributed by atoms with Crippen molar-refractivity contribution in [2.75, 3.05) is 24.5 Å². The lowest BCUT2D eigenvalue weighted by Gasteiger charge is -2.35. The molecule has 25 heavy (non-hydrogen) atoms. The first kappa shape index (κ1) is 18.5. The van der Waals surface area contributed by atoms with Gasteiger partial charge in [-0.15, -0.1) is 0 Å². The van der Waals surface area contributed by atoms with Crippen LogP contribution in [0.5, 0.6) is 0 Å². The van der Waals surface area contributed by atoms with Crippen molar-refractivity contribution in [3.05, 3.63) is 28.2 Å². The van der Waals surface area contributed by atoms with Gasteiger partial charge < -0.3 is 15.5 Å². The number of carbonyl (C=O) groups excluding carboxylic acids is 2. The van der Waals surface area contributed by atoms with Crippen LogP contribution in [0.25, 0.3) is 0 Å². The van der Waals surface area contributed by atoms with Crippen LogP contribution in [-0.4, -0.2) is 42.4 Å². The Morgan fingerprint density at radius 3 is 2.68 bits per heavy atom. The van der Waals surface area contributed by atoms with Crippen LogP contribution in [0.1, 0.15) is 26.2 Å². The van der Waals surface area contributed by atoms with E-state index >= 15 is 0 Å². The summed E-state index contributed by atoms with van der Waals surface area (Å²) in [5, 5.41) is 0.845. The van der Waals surface area contributed by atoms with Crippen molar-refractivity contribution in [2.24, 2.45) is 17.6 Å². The van der Waals surface area contributed by atoms with E-state index in [0.29, 0.717) is 47.7 Å². The molecule has 0 aromatic heterocycles. The van der Waals surface area contributed by atoms with Gasteiger partial charge in [-0.25, -0.2) is 0 Å². The van der Waals surface area contributed by atoms with Gasteiger partial charge in [-0.1, -0.05) is 23.2 Å². The summed E-state index contributed by atoms with van der Waals surface area (Å²) in [4.78, 5) is 29.1. The fourth-order valence-electron chi connectivity index (χ4n) is 3.68. The van der Waals surface area contributed by atoms with Gasteiger partial charge in [0.25, 0.3) is 0 Å². The van der Waals surface area contributed by atoms with Crippen LogP contribution in [0.4, 0.5) is 5.69 Å². The summed E-state index contributed by atoms with van der Waals surface area (Å²) in [7, 11) is 0. The maximum absolute atomic E-state index is 12.9. The summed E-state index contributed by atoms with van der Waals surface area (Å²) < 4.78 is 0. The molecule has 7 heteroatoms. The maximum atomic E-state index is 12.9. The molecular formula is C18H23Cl2N3O2. The van der Waals surface area contributed by atoms with Crippen molar-refractivity contribution >= 4 is 40.7 Å². The molecular weight excluding hydrogens is 361 g/mol. The minimum absolute atomic E-state index is 0.0580. The molecule has 2 aliphatic heterocycles. The first-order chi connectivity index (χ1) is 11.9. The van der Waals surface area contributed by atoms with Gasteiger partial charge in [0.15, 0.2) is 0 Å². The van der Waals surface area contributed by atoms with Gasteiger partial charge in [-0.3, -0.25) is 9.59 Å². The van der Waals surface area contributed by atoms with E-state index in [9.17, 15) is 9.59 Å². The van der Waals surface area contributed by atoms with E-state index in [-0.39, 0.29) is 17.9 Å². The average molecular weight is 384 g/mol. The number of piperidine rings is 1. The highest BCUT2D eigenvalue weighted by molar-refractivity contribution is 6.42. The molecule has 0 saturated carbocycles. The standard InChI is InChI=1S/C18H23Cl2N3O2/c1-11(21)12-3-2-7-22(10-12)17(24)14-6-8-23(18(14)25)13-4-5-15(19)16(20)9-13/h4-5,9,11-12,14H,2-3,6-8,10,21H2,1H3. The number of anilines is 1. The number of nitrogens with zero attached hydrogens (tertiary/aromatic N) is 2. The Bertz CT molecular complexity index is 680. The summed E-state index contributed by atoms with van der Waals surface area (Å²) in [6, 6.07) is 5.15. The van der Waals surface area contributed by atoms with Crippen LogP contribution < -0.4 is 10.6 Å². The van der Waals surface area contributed by atoms with Gasteiger partial charge >= 0.3 is 0 Å². The third kappa shape index (κ3) is 3.78. The lowest BCUT2D eigenvalue weighted by atomic mass is 9.91. The Morgan fingerprint density at radius 1 is 1.24 bits per heavy atom. The van der Waals surface area contributed by atoms with E-state index in [1.165, 1.54) is 0 Å². The second-order valence-electron chi connectivity index (χ2n) is 6.98. The van der Waals surface area contributed by atoms with Gasteiger partial charge in [0, 0.05) is 31.4 Å². The Kier molecular flexibility index (Phi) is 5.56. The summed E-state index contributed by atoms with van der Waals surface area (Å²) in [5.74, 6) is -0.536. The fourth-order valence-corrected chi connectivity index (χ4v) is 3.97. The molecule has 1 aromatic carbocycles. The number of halogens is 2. The zero-order chi connectivity index (χ0) is 18.1. The predicted molar refractivity (Wildman–Crippen MR) is 99.9 cm³/mol. The summed E-state index contributed by atoms with van der Waals surface area (Å²) in [6.07, 6.45) is 2.50. The van der Waals surface area contributed by atoms with E-state index in [2.05, 4.69) is 0 Å². The van der Waals surface area contributed by atoms with Crippen LogP contribution >= 0.6 is 23.2 Å². The van der Waals surface area contributed by atoms with Crippen LogP contribution in [-0.2, 0) is 9.59 Å². The maximum Gasteiger partial charge on any atom is 0.239 e. The third-order valence-electron chi connectivity index (χ3n) is 5.23. The first-order valence-corrected chi connectivity index (χ1v) is 9.45. The second-order valence-corrected chi connectivity index (χ2v) is 7.79. The lowest BCUT2D eigenvalue weighted by Crippen LogP contribution is -2.48. The van der Waals surface area contributed by atoms with Gasteiger partial charge in [0.1, 0.15) is 5.92 Å². The number of carbonyl (C=O) groups is 2. The number of hydrogen-bond donors (Lipinski definition) is 1. The van der Waals surface area contributed by atoms with E-state index in [0.717, 1.165) is 12.8 Å². The van der Waals surface area contributed by atoms with E-state index < -0.39 is 5.92 Å². The molecule has 3 atom stereocenters. The number of hydrogen-bond acceptors (Lipinski definition) is 3. The van der Waals surface area contributed by atoms with Gasteiger partial charge in [0.05, 0.1) is 10.0 Å². The van der Waals surface area contributed by atoms with Crippen LogP contribution in [0.3, 0.4) is 0 Å². The molecule has 2 N–H and O–H groups in total. The van der Waals surface area contributed by atoms with Crippen LogP contribution in [0, 0.1) is 11.8 Å². The molecule has 5 nitrogen and oxygen atoms in total. The topological polar surface area (TPSA) is 66.6 Å². The number of likely N-dealkylation sites (tertiary alicyclic amines) is 1. The molecule has 136 valence electrons. The van der Waals surface area contributed by atoms with Crippen molar-refractivity contribution in [3.8, 4) is 0 Å². The zero-order valence-electron chi connectivity index (χ0n) is 14.3. The lowest BCUT2D eigenvalue weighted by molar-refractivity contribution is -0.141. The van der Waals surface area contributed by atoms with Crippen LogP contribution in [0.2, 0.25) is 10.0 Å². The minimum atomic E-state index is -0.610. The Morgan fingerprint density at radius 2 is 2.00 bits per heavy atom. The first-order valence-electron chi connectivity index (χ1n) is 8.69. The van der Waals surface area contributed by atoms with Crippen molar-refractivity contribution in [1.29, 1.82) is 0 Å². The molecule has 2 fully saturated rings. The Balaban J connectivity index is 1.70. The van der Waals surface area contributed by atoms with Crippen molar-refractivity contribution in [2.45, 2.75) is 32.2 Å². The Hall–Kier alpha value is -1.30. The molecule has 2 aliphatic rings. The van der Waals surface area contributed by atoms with Gasteiger partial charge in [0.2, 0.25) is 11.8 Å². The molecule has 2 heterocycles. The van der Waals surface area contributed by atoms with Crippen molar-refractivity contribution < 1.29 is 9.59 Å². The molecule has 2 saturated heterocycles. The number of amides is 2. The molecule has 0 bridgehead atoms. The summed E-state index contributed by atoms with van der Waals surface area (Å²) in [6.45, 7) is 3.84. The molecule has 0 aliphatic carbocycles. The highest BCUT2D eigenvalue weighted by Gasteiger charge is 2.41. The van der Waals surface area contributed by atoms with E-state index in [4.69, 9.17) is 28.9 Å².